The number of hydrogen-bond donors (Lipinski definition) is 1. The Bertz CT molecular complexity index is 483. The standard InChI is InChI=1S/C14H14FN/c1-9-3-5-12(10(2)7-9)13-6-4-11(15)8-14(13)16/h3-8H,16H2,1-2H3. The van der Waals surface area contributed by atoms with E-state index in [0.717, 1.165) is 16.7 Å². The molecule has 1 nitrogen and oxygen atoms in total. The fraction of sp³-hybridized carbons (Fsp3) is 0.143. The molecule has 0 saturated carbocycles. The second-order valence-corrected chi connectivity index (χ2v) is 4.05. The van der Waals surface area contributed by atoms with Gasteiger partial charge >= 0.3 is 0 Å². The van der Waals surface area contributed by atoms with Crippen LogP contribution in [0.5, 0.6) is 0 Å². The highest BCUT2D eigenvalue weighted by atomic mass is 19.1. The zero-order valence-electron chi connectivity index (χ0n) is 9.42. The molecule has 0 spiro atoms. The van der Waals surface area contributed by atoms with Gasteiger partial charge in [-0.15, -0.1) is 0 Å². The molecule has 0 atom stereocenters. The Morgan fingerprint density at radius 1 is 0.938 bits per heavy atom. The van der Waals surface area contributed by atoms with Gasteiger partial charge in [0.05, 0.1) is 0 Å². The van der Waals surface area contributed by atoms with Crippen molar-refractivity contribution < 1.29 is 4.39 Å². The van der Waals surface area contributed by atoms with E-state index in [1.54, 1.807) is 6.07 Å². The van der Waals surface area contributed by atoms with Crippen molar-refractivity contribution in [3.63, 3.8) is 0 Å². The summed E-state index contributed by atoms with van der Waals surface area (Å²) in [6.07, 6.45) is 0. The summed E-state index contributed by atoms with van der Waals surface area (Å²) in [4.78, 5) is 0. The maximum Gasteiger partial charge on any atom is 0.125 e. The lowest BCUT2D eigenvalue weighted by molar-refractivity contribution is 0.628. The zero-order chi connectivity index (χ0) is 11.7. The third kappa shape index (κ3) is 1.91. The largest absolute Gasteiger partial charge is 0.398 e. The molecule has 0 unspecified atom stereocenters. The van der Waals surface area contributed by atoms with Crippen molar-refractivity contribution in [3.05, 3.63) is 53.3 Å². The first-order valence-corrected chi connectivity index (χ1v) is 5.20. The summed E-state index contributed by atoms with van der Waals surface area (Å²) < 4.78 is 12.9. The summed E-state index contributed by atoms with van der Waals surface area (Å²) in [7, 11) is 0. The van der Waals surface area contributed by atoms with Crippen LogP contribution in [0, 0.1) is 19.7 Å². The van der Waals surface area contributed by atoms with Crippen molar-refractivity contribution in [2.24, 2.45) is 0 Å². The molecular weight excluding hydrogens is 201 g/mol. The molecule has 0 amide bonds. The lowest BCUT2D eigenvalue weighted by atomic mass is 9.97. The highest BCUT2D eigenvalue weighted by Crippen LogP contribution is 2.29. The average molecular weight is 215 g/mol. The van der Waals surface area contributed by atoms with Crippen molar-refractivity contribution in [2.45, 2.75) is 13.8 Å². The van der Waals surface area contributed by atoms with E-state index in [2.05, 4.69) is 6.07 Å². The molecule has 0 radical (unpaired) electrons. The highest BCUT2D eigenvalue weighted by molar-refractivity contribution is 5.78. The first kappa shape index (κ1) is 10.7. The van der Waals surface area contributed by atoms with Gasteiger partial charge in [-0.25, -0.2) is 4.39 Å². The van der Waals surface area contributed by atoms with Gasteiger partial charge in [-0.3, -0.25) is 0 Å². The van der Waals surface area contributed by atoms with E-state index in [0.29, 0.717) is 5.69 Å². The molecule has 2 heteroatoms. The maximum absolute atomic E-state index is 12.9. The minimum Gasteiger partial charge on any atom is -0.398 e. The normalized spacial score (nSPS) is 10.4. The van der Waals surface area contributed by atoms with Gasteiger partial charge in [0.1, 0.15) is 5.82 Å². The Hall–Kier alpha value is -1.83. The fourth-order valence-corrected chi connectivity index (χ4v) is 1.89. The van der Waals surface area contributed by atoms with Crippen LogP contribution in [0.25, 0.3) is 11.1 Å². The van der Waals surface area contributed by atoms with E-state index in [9.17, 15) is 4.39 Å². The van der Waals surface area contributed by atoms with Crippen molar-refractivity contribution in [1.29, 1.82) is 0 Å². The number of benzene rings is 2. The molecule has 2 aromatic rings. The van der Waals surface area contributed by atoms with Gasteiger partial charge in [0.25, 0.3) is 0 Å². The predicted molar refractivity (Wildman–Crippen MR) is 65.7 cm³/mol. The molecule has 0 aliphatic carbocycles. The van der Waals surface area contributed by atoms with Crippen molar-refractivity contribution >= 4 is 5.69 Å². The molecule has 0 fully saturated rings. The maximum atomic E-state index is 12.9. The molecule has 82 valence electrons. The molecule has 2 rings (SSSR count). The average Bonchev–Trinajstić information content (AvgIpc) is 2.19. The third-order valence-corrected chi connectivity index (χ3v) is 2.69. The molecular formula is C14H14FN. The molecule has 0 aliphatic rings. The van der Waals surface area contributed by atoms with Crippen LogP contribution >= 0.6 is 0 Å². The first-order chi connectivity index (χ1) is 7.58. The van der Waals surface area contributed by atoms with E-state index in [-0.39, 0.29) is 5.82 Å². The molecule has 2 N–H and O–H groups in total. The van der Waals surface area contributed by atoms with Crippen molar-refractivity contribution in [1.82, 2.24) is 0 Å². The Balaban J connectivity index is 2.59. The second kappa shape index (κ2) is 3.97. The molecule has 0 aliphatic heterocycles. The lowest BCUT2D eigenvalue weighted by Gasteiger charge is -2.09. The molecule has 2 aromatic carbocycles. The quantitative estimate of drug-likeness (QED) is 0.721. The van der Waals surface area contributed by atoms with E-state index < -0.39 is 0 Å². The number of nitrogen functional groups attached to an aromatic ring is 1. The smallest absolute Gasteiger partial charge is 0.125 e. The van der Waals surface area contributed by atoms with Crippen LogP contribution in [0.2, 0.25) is 0 Å². The van der Waals surface area contributed by atoms with Gasteiger partial charge in [0, 0.05) is 11.3 Å². The van der Waals surface area contributed by atoms with Gasteiger partial charge in [-0.05, 0) is 43.2 Å². The predicted octanol–water partition coefficient (Wildman–Crippen LogP) is 3.69. The summed E-state index contributed by atoms with van der Waals surface area (Å²) in [6, 6.07) is 10.7. The molecule has 16 heavy (non-hydrogen) atoms. The number of rotatable bonds is 1. The van der Waals surface area contributed by atoms with E-state index in [4.69, 9.17) is 5.73 Å². The molecule has 0 heterocycles. The zero-order valence-corrected chi connectivity index (χ0v) is 9.42. The van der Waals surface area contributed by atoms with Gasteiger partial charge in [-0.2, -0.15) is 0 Å². The SMILES string of the molecule is Cc1ccc(-c2ccc(F)cc2N)c(C)c1. The monoisotopic (exact) mass is 215 g/mol. The van der Waals surface area contributed by atoms with Crippen LogP contribution < -0.4 is 5.73 Å². The van der Waals surface area contributed by atoms with Crippen molar-refractivity contribution in [2.75, 3.05) is 5.73 Å². The lowest BCUT2D eigenvalue weighted by Crippen LogP contribution is -1.93. The van der Waals surface area contributed by atoms with Crippen LogP contribution in [0.1, 0.15) is 11.1 Å². The molecule has 0 aromatic heterocycles. The summed E-state index contributed by atoms with van der Waals surface area (Å²) >= 11 is 0. The van der Waals surface area contributed by atoms with Crippen LogP contribution in [0.4, 0.5) is 10.1 Å². The molecule has 0 bridgehead atoms. The Kier molecular flexibility index (Phi) is 2.65. The number of anilines is 1. The topological polar surface area (TPSA) is 26.0 Å². The van der Waals surface area contributed by atoms with Crippen LogP contribution in [0.3, 0.4) is 0 Å². The Morgan fingerprint density at radius 3 is 2.25 bits per heavy atom. The van der Waals surface area contributed by atoms with Gasteiger partial charge in [0.15, 0.2) is 0 Å². The number of aryl methyl sites for hydroxylation is 2. The number of halogens is 1. The van der Waals surface area contributed by atoms with Crippen LogP contribution in [-0.2, 0) is 0 Å². The Labute approximate surface area is 94.7 Å². The van der Waals surface area contributed by atoms with Crippen LogP contribution in [0.15, 0.2) is 36.4 Å². The summed E-state index contributed by atoms with van der Waals surface area (Å²) in [5.41, 5.74) is 10.6. The van der Waals surface area contributed by atoms with E-state index >= 15 is 0 Å². The number of nitrogens with two attached hydrogens (primary N) is 1. The highest BCUT2D eigenvalue weighted by Gasteiger charge is 2.06. The third-order valence-electron chi connectivity index (χ3n) is 2.69. The first-order valence-electron chi connectivity index (χ1n) is 5.20. The van der Waals surface area contributed by atoms with Crippen molar-refractivity contribution in [3.8, 4) is 11.1 Å². The minimum absolute atomic E-state index is 0.300. The van der Waals surface area contributed by atoms with Gasteiger partial charge in [-0.1, -0.05) is 23.8 Å². The molecule has 0 saturated heterocycles. The Morgan fingerprint density at radius 2 is 1.62 bits per heavy atom. The van der Waals surface area contributed by atoms with E-state index in [1.165, 1.54) is 17.7 Å². The second-order valence-electron chi connectivity index (χ2n) is 4.05. The summed E-state index contributed by atoms with van der Waals surface area (Å²) in [6.45, 7) is 4.08. The summed E-state index contributed by atoms with van der Waals surface area (Å²) in [5, 5.41) is 0. The van der Waals surface area contributed by atoms with Gasteiger partial charge < -0.3 is 5.73 Å². The summed E-state index contributed by atoms with van der Waals surface area (Å²) in [5.74, 6) is -0.300. The van der Waals surface area contributed by atoms with E-state index in [1.807, 2.05) is 26.0 Å². The minimum atomic E-state index is -0.300. The number of hydrogen-bond acceptors (Lipinski definition) is 1. The fourth-order valence-electron chi connectivity index (χ4n) is 1.89. The van der Waals surface area contributed by atoms with Gasteiger partial charge in [0.2, 0.25) is 0 Å². The van der Waals surface area contributed by atoms with Crippen LogP contribution in [-0.4, -0.2) is 0 Å².